The zero-order valence-electron chi connectivity index (χ0n) is 17.5. The first kappa shape index (κ1) is 23.7. The van der Waals surface area contributed by atoms with Gasteiger partial charge in [-0.15, -0.1) is 12.4 Å². The van der Waals surface area contributed by atoms with E-state index in [1.807, 2.05) is 6.92 Å². The Hall–Kier alpha value is -3.00. The first-order valence-corrected chi connectivity index (χ1v) is 10.3. The number of hydrogen-bond acceptors (Lipinski definition) is 3. The van der Waals surface area contributed by atoms with Crippen LogP contribution in [0.4, 0.5) is 8.78 Å². The van der Waals surface area contributed by atoms with Gasteiger partial charge in [0.1, 0.15) is 23.9 Å². The summed E-state index contributed by atoms with van der Waals surface area (Å²) >= 11 is 0. The van der Waals surface area contributed by atoms with Gasteiger partial charge in [0.25, 0.3) is 5.91 Å². The summed E-state index contributed by atoms with van der Waals surface area (Å²) in [5, 5.41) is 13.0. The highest BCUT2D eigenvalue weighted by Gasteiger charge is 2.28. The Balaban J connectivity index is 0.00000289. The van der Waals surface area contributed by atoms with Crippen LogP contribution in [0.2, 0.25) is 0 Å². The Kier molecular flexibility index (Phi) is 7.13. The van der Waals surface area contributed by atoms with E-state index in [9.17, 15) is 23.5 Å². The number of nitrogens with zero attached hydrogens (tertiary/aromatic N) is 2. The largest absolute Gasteiger partial charge is 0.480 e. The van der Waals surface area contributed by atoms with E-state index in [4.69, 9.17) is 0 Å². The molecule has 1 amide bonds. The molecule has 3 aromatic rings. The topological polar surface area (TPSA) is 84.2 Å². The standard InChI is InChI=1S/C23H23F2N3O3.ClH/c1-13-22(18-10-15(24)4-7-20(18)28(13)12-21(29)30)14-2-5-17(6-3-14)27-23(31)19-11-16(25)8-9-26-19;/h4,7-11,14,17H,2-3,5-6,12H2,1H3,(H,27,31)(H,29,30);1H. The fourth-order valence-electron chi connectivity index (χ4n) is 4.65. The van der Waals surface area contributed by atoms with E-state index >= 15 is 0 Å². The van der Waals surface area contributed by atoms with Crippen LogP contribution >= 0.6 is 12.4 Å². The smallest absolute Gasteiger partial charge is 0.323 e. The molecule has 0 bridgehead atoms. The van der Waals surface area contributed by atoms with E-state index in [0.29, 0.717) is 18.4 Å². The van der Waals surface area contributed by atoms with Crippen LogP contribution in [-0.2, 0) is 11.3 Å². The Morgan fingerprint density at radius 1 is 1.12 bits per heavy atom. The van der Waals surface area contributed by atoms with E-state index in [0.717, 1.165) is 35.6 Å². The first-order valence-electron chi connectivity index (χ1n) is 10.3. The van der Waals surface area contributed by atoms with Crippen molar-refractivity contribution in [3.05, 3.63) is 65.1 Å². The summed E-state index contributed by atoms with van der Waals surface area (Å²) in [6.07, 6.45) is 4.23. The molecular weight excluding hydrogens is 440 g/mol. The van der Waals surface area contributed by atoms with Crippen LogP contribution in [0.15, 0.2) is 36.5 Å². The molecule has 1 fully saturated rings. The van der Waals surface area contributed by atoms with Gasteiger partial charge in [0, 0.05) is 34.9 Å². The average molecular weight is 464 g/mol. The second kappa shape index (κ2) is 9.65. The number of benzene rings is 1. The molecule has 2 heterocycles. The van der Waals surface area contributed by atoms with Crippen molar-refractivity contribution in [2.75, 3.05) is 0 Å². The maximum absolute atomic E-state index is 14.0. The molecule has 9 heteroatoms. The minimum absolute atomic E-state index is 0. The molecule has 1 aromatic carbocycles. The summed E-state index contributed by atoms with van der Waals surface area (Å²) < 4.78 is 29.0. The SMILES string of the molecule is Cc1c(C2CCC(NC(=O)c3cc(F)ccn3)CC2)c2cc(F)ccc2n1CC(=O)O.Cl. The third kappa shape index (κ3) is 4.75. The number of rotatable bonds is 5. The summed E-state index contributed by atoms with van der Waals surface area (Å²) in [6, 6.07) is 6.68. The van der Waals surface area contributed by atoms with Crippen molar-refractivity contribution in [1.82, 2.24) is 14.9 Å². The highest BCUT2D eigenvalue weighted by atomic mass is 35.5. The number of nitrogens with one attached hydrogen (secondary N) is 1. The lowest BCUT2D eigenvalue weighted by Gasteiger charge is -2.29. The number of aromatic nitrogens is 2. The van der Waals surface area contributed by atoms with Crippen LogP contribution in [0.25, 0.3) is 10.9 Å². The van der Waals surface area contributed by atoms with E-state index in [1.165, 1.54) is 24.4 Å². The average Bonchev–Trinajstić information content (AvgIpc) is 2.99. The lowest BCUT2D eigenvalue weighted by Crippen LogP contribution is -2.37. The Bertz CT molecular complexity index is 1160. The number of amides is 1. The summed E-state index contributed by atoms with van der Waals surface area (Å²) in [5.74, 6) is -2.08. The summed E-state index contributed by atoms with van der Waals surface area (Å²) in [7, 11) is 0. The normalized spacial score (nSPS) is 18.2. The lowest BCUT2D eigenvalue weighted by molar-refractivity contribution is -0.137. The summed E-state index contributed by atoms with van der Waals surface area (Å²) in [6.45, 7) is 1.69. The third-order valence-electron chi connectivity index (χ3n) is 6.05. The molecule has 32 heavy (non-hydrogen) atoms. The van der Waals surface area contributed by atoms with Crippen molar-refractivity contribution < 1.29 is 23.5 Å². The Morgan fingerprint density at radius 2 is 1.81 bits per heavy atom. The van der Waals surface area contributed by atoms with Gasteiger partial charge in [-0.25, -0.2) is 8.78 Å². The Morgan fingerprint density at radius 3 is 2.47 bits per heavy atom. The number of carbonyl (C=O) groups excluding carboxylic acids is 1. The molecule has 170 valence electrons. The number of carbonyl (C=O) groups is 2. The first-order chi connectivity index (χ1) is 14.8. The van der Waals surface area contributed by atoms with Crippen LogP contribution < -0.4 is 5.32 Å². The highest BCUT2D eigenvalue weighted by molar-refractivity contribution is 5.92. The lowest BCUT2D eigenvalue weighted by atomic mass is 9.80. The van der Waals surface area contributed by atoms with Crippen molar-refractivity contribution in [3.63, 3.8) is 0 Å². The third-order valence-corrected chi connectivity index (χ3v) is 6.05. The summed E-state index contributed by atoms with van der Waals surface area (Å²) in [4.78, 5) is 27.6. The Labute approximate surface area is 190 Å². The fourth-order valence-corrected chi connectivity index (χ4v) is 4.65. The number of pyridine rings is 1. The number of carboxylic acid groups (broad SMARTS) is 1. The highest BCUT2D eigenvalue weighted by Crippen LogP contribution is 2.40. The maximum atomic E-state index is 14.0. The molecule has 1 aliphatic carbocycles. The van der Waals surface area contributed by atoms with Crippen molar-refractivity contribution in [2.24, 2.45) is 0 Å². The van der Waals surface area contributed by atoms with Gasteiger partial charge in [-0.05, 0) is 68.4 Å². The van der Waals surface area contributed by atoms with E-state index < -0.39 is 17.7 Å². The number of carboxylic acids is 1. The number of aliphatic carboxylic acids is 1. The zero-order valence-corrected chi connectivity index (χ0v) is 18.3. The van der Waals surface area contributed by atoms with Crippen molar-refractivity contribution in [2.45, 2.75) is 51.1 Å². The van der Waals surface area contributed by atoms with Crippen molar-refractivity contribution in [3.8, 4) is 0 Å². The van der Waals surface area contributed by atoms with Crippen LogP contribution in [0, 0.1) is 18.6 Å². The molecule has 2 N–H and O–H groups in total. The molecule has 2 aromatic heterocycles. The second-order valence-electron chi connectivity index (χ2n) is 8.02. The van der Waals surface area contributed by atoms with Gasteiger partial charge in [-0.2, -0.15) is 0 Å². The molecule has 0 spiro atoms. The van der Waals surface area contributed by atoms with Gasteiger partial charge in [0.05, 0.1) is 0 Å². The van der Waals surface area contributed by atoms with E-state index in [2.05, 4.69) is 10.3 Å². The molecule has 4 rings (SSSR count). The van der Waals surface area contributed by atoms with Gasteiger partial charge in [-0.1, -0.05) is 0 Å². The van der Waals surface area contributed by atoms with Gasteiger partial charge in [0.15, 0.2) is 0 Å². The maximum Gasteiger partial charge on any atom is 0.323 e. The van der Waals surface area contributed by atoms with Crippen LogP contribution in [-0.4, -0.2) is 32.6 Å². The fraction of sp³-hybridized carbons (Fsp3) is 0.348. The zero-order chi connectivity index (χ0) is 22.1. The molecule has 1 saturated carbocycles. The second-order valence-corrected chi connectivity index (χ2v) is 8.02. The molecule has 1 aliphatic rings. The molecule has 0 saturated heterocycles. The molecule has 6 nitrogen and oxygen atoms in total. The van der Waals surface area contributed by atoms with Crippen LogP contribution in [0.5, 0.6) is 0 Å². The van der Waals surface area contributed by atoms with Crippen LogP contribution in [0.3, 0.4) is 0 Å². The van der Waals surface area contributed by atoms with Crippen LogP contribution in [0.1, 0.15) is 53.3 Å². The molecule has 0 aliphatic heterocycles. The quantitative estimate of drug-likeness (QED) is 0.579. The predicted molar refractivity (Wildman–Crippen MR) is 118 cm³/mol. The van der Waals surface area contributed by atoms with Gasteiger partial charge in [0.2, 0.25) is 0 Å². The molecule has 0 atom stereocenters. The minimum Gasteiger partial charge on any atom is -0.480 e. The molecular formula is C23H24ClF2N3O3. The van der Waals surface area contributed by atoms with Crippen molar-refractivity contribution in [1.29, 1.82) is 0 Å². The summed E-state index contributed by atoms with van der Waals surface area (Å²) in [5.41, 5.74) is 2.57. The predicted octanol–water partition coefficient (Wildman–Crippen LogP) is 4.59. The molecule has 0 radical (unpaired) electrons. The monoisotopic (exact) mass is 463 g/mol. The van der Waals surface area contributed by atoms with Gasteiger partial charge >= 0.3 is 5.97 Å². The van der Waals surface area contributed by atoms with E-state index in [-0.39, 0.29) is 42.4 Å². The minimum atomic E-state index is -0.951. The van der Waals surface area contributed by atoms with Gasteiger partial charge in [-0.3, -0.25) is 14.6 Å². The van der Waals surface area contributed by atoms with E-state index in [1.54, 1.807) is 10.6 Å². The number of fused-ring (bicyclic) bond motifs is 1. The van der Waals surface area contributed by atoms with Gasteiger partial charge < -0.3 is 15.0 Å². The number of halogens is 3. The van der Waals surface area contributed by atoms with Crippen molar-refractivity contribution >= 4 is 35.2 Å². The number of hydrogen-bond donors (Lipinski definition) is 2. The molecule has 0 unspecified atom stereocenters.